The van der Waals surface area contributed by atoms with Gasteiger partial charge in [-0.3, -0.25) is 9.59 Å². The molecule has 0 saturated carbocycles. The van der Waals surface area contributed by atoms with E-state index in [4.69, 9.17) is 14.6 Å². The molecular formula is C22H48N2O9. The van der Waals surface area contributed by atoms with E-state index >= 15 is 0 Å². The van der Waals surface area contributed by atoms with E-state index in [1.807, 2.05) is 0 Å². The van der Waals surface area contributed by atoms with E-state index in [0.717, 1.165) is 25.7 Å². The fourth-order valence-corrected chi connectivity index (χ4v) is 2.41. The van der Waals surface area contributed by atoms with Gasteiger partial charge in [-0.1, -0.05) is 49.0 Å². The van der Waals surface area contributed by atoms with Crippen LogP contribution < -0.4 is 10.6 Å². The molecule has 11 nitrogen and oxygen atoms in total. The quantitative estimate of drug-likeness (QED) is 0.122. The lowest BCUT2D eigenvalue weighted by Crippen LogP contribution is -2.49. The number of hydrogen-bond donors (Lipinski definition) is 4. The fourth-order valence-electron chi connectivity index (χ4n) is 2.41. The maximum absolute atomic E-state index is 11.9. The Balaban J connectivity index is -0.000000653. The van der Waals surface area contributed by atoms with Gasteiger partial charge < -0.3 is 35.1 Å². The summed E-state index contributed by atoms with van der Waals surface area (Å²) in [5.41, 5.74) is 0. The molecule has 0 aliphatic heterocycles. The largest absolute Gasteiger partial charge is 0.481 e. The first kappa shape index (κ1) is 40.9. The number of carbonyl (C=O) groups excluding carboxylic acids is 2. The van der Waals surface area contributed by atoms with Crippen molar-refractivity contribution in [2.45, 2.75) is 93.3 Å². The van der Waals surface area contributed by atoms with Crippen molar-refractivity contribution >= 4 is 24.4 Å². The minimum absolute atomic E-state index is 0. The van der Waals surface area contributed by atoms with Crippen molar-refractivity contribution in [3.05, 3.63) is 0 Å². The summed E-state index contributed by atoms with van der Waals surface area (Å²) in [6, 6.07) is -1.95. The standard InChI is InChI=1S/C18H32N2O9.4CH4/c1-27-10-6-12-28-11-5-3-2-4-7-14(17(24)25)19-18(26)20-15(29-13-21)8-9-16(22)23;;;;/h13-15H,2-12H2,1H3,(H,22,23)(H,24,25)(H2,19,20,26);4*1H4. The van der Waals surface area contributed by atoms with Gasteiger partial charge in [0, 0.05) is 33.4 Å². The van der Waals surface area contributed by atoms with Crippen molar-refractivity contribution in [3.8, 4) is 0 Å². The number of urea groups is 1. The number of unbranched alkanes of at least 4 members (excludes halogenated alkanes) is 3. The summed E-state index contributed by atoms with van der Waals surface area (Å²) in [7, 11) is 1.64. The SMILES string of the molecule is C.C.C.C.COCCCOCCCCCCC(NC(=O)NC(CCC(=O)O)OC=O)C(=O)O. The zero-order valence-electron chi connectivity index (χ0n) is 16.8. The molecule has 0 radical (unpaired) electrons. The monoisotopic (exact) mass is 484 g/mol. The Hall–Kier alpha value is -2.40. The molecular weight excluding hydrogens is 436 g/mol. The number of carbonyl (C=O) groups is 4. The van der Waals surface area contributed by atoms with E-state index in [9.17, 15) is 24.3 Å². The first-order chi connectivity index (χ1) is 13.9. The minimum atomic E-state index is -1.18. The molecule has 0 bridgehead atoms. The summed E-state index contributed by atoms with van der Waals surface area (Å²) in [6.07, 6.45) is 2.63. The van der Waals surface area contributed by atoms with Gasteiger partial charge in [-0.05, 0) is 19.3 Å². The van der Waals surface area contributed by atoms with Crippen LogP contribution in [0.1, 0.15) is 81.1 Å². The number of hydrogen-bond acceptors (Lipinski definition) is 7. The van der Waals surface area contributed by atoms with Gasteiger partial charge in [0.1, 0.15) is 6.04 Å². The van der Waals surface area contributed by atoms with Crippen molar-refractivity contribution in [3.63, 3.8) is 0 Å². The van der Waals surface area contributed by atoms with Crippen molar-refractivity contribution in [1.29, 1.82) is 0 Å². The van der Waals surface area contributed by atoms with E-state index in [1.165, 1.54) is 0 Å². The molecule has 0 aliphatic rings. The maximum atomic E-state index is 11.9. The molecule has 0 heterocycles. The molecule has 0 spiro atoms. The number of carboxylic acids is 2. The van der Waals surface area contributed by atoms with Crippen LogP contribution in [0.25, 0.3) is 0 Å². The normalized spacial score (nSPS) is 11.1. The minimum Gasteiger partial charge on any atom is -0.481 e. The summed E-state index contributed by atoms with van der Waals surface area (Å²) >= 11 is 0. The van der Waals surface area contributed by atoms with E-state index in [-0.39, 0.29) is 55.4 Å². The van der Waals surface area contributed by atoms with Crippen molar-refractivity contribution in [1.82, 2.24) is 10.6 Å². The van der Waals surface area contributed by atoms with Crippen LogP contribution in [0, 0.1) is 0 Å². The second-order valence-corrected chi connectivity index (χ2v) is 6.32. The third kappa shape index (κ3) is 25.7. The van der Waals surface area contributed by atoms with Crippen LogP contribution in [-0.4, -0.2) is 73.9 Å². The van der Waals surface area contributed by atoms with Gasteiger partial charge in [0.25, 0.3) is 6.47 Å². The number of rotatable bonds is 19. The molecule has 200 valence electrons. The number of methoxy groups -OCH3 is 1. The summed E-state index contributed by atoms with van der Waals surface area (Å²) in [5.74, 6) is -2.30. The van der Waals surface area contributed by atoms with Crippen molar-refractivity contribution in [2.75, 3.05) is 26.9 Å². The maximum Gasteiger partial charge on any atom is 0.326 e. The van der Waals surface area contributed by atoms with Gasteiger partial charge in [0.05, 0.1) is 6.42 Å². The molecule has 2 atom stereocenters. The molecule has 0 aliphatic carbocycles. The lowest BCUT2D eigenvalue weighted by Gasteiger charge is -2.19. The second kappa shape index (κ2) is 27.6. The zero-order valence-corrected chi connectivity index (χ0v) is 16.8. The Bertz CT molecular complexity index is 490. The Morgan fingerprint density at radius 3 is 2.00 bits per heavy atom. The molecule has 2 unspecified atom stereocenters. The van der Waals surface area contributed by atoms with Crippen LogP contribution in [-0.2, 0) is 28.6 Å². The zero-order chi connectivity index (χ0) is 21.9. The predicted molar refractivity (Wildman–Crippen MR) is 128 cm³/mol. The lowest BCUT2D eigenvalue weighted by atomic mass is 10.1. The van der Waals surface area contributed by atoms with Gasteiger partial charge in [-0.25, -0.2) is 9.59 Å². The summed E-state index contributed by atoms with van der Waals surface area (Å²) < 4.78 is 14.9. The molecule has 0 aromatic rings. The number of nitrogens with one attached hydrogen (secondary N) is 2. The van der Waals surface area contributed by atoms with Gasteiger partial charge in [-0.15, -0.1) is 0 Å². The first-order valence-electron chi connectivity index (χ1n) is 9.58. The summed E-state index contributed by atoms with van der Waals surface area (Å²) in [5, 5.41) is 22.4. The van der Waals surface area contributed by atoms with Crippen LogP contribution in [0.2, 0.25) is 0 Å². The molecule has 4 N–H and O–H groups in total. The van der Waals surface area contributed by atoms with E-state index in [1.54, 1.807) is 7.11 Å². The van der Waals surface area contributed by atoms with Crippen LogP contribution in [0.3, 0.4) is 0 Å². The number of aliphatic carboxylic acids is 2. The fraction of sp³-hybridized carbons (Fsp3) is 0.818. The first-order valence-corrected chi connectivity index (χ1v) is 9.58. The Labute approximate surface area is 199 Å². The molecule has 33 heavy (non-hydrogen) atoms. The van der Waals surface area contributed by atoms with Gasteiger partial charge in [-0.2, -0.15) is 0 Å². The number of carboxylic acid groups (broad SMARTS) is 2. The average Bonchev–Trinajstić information content (AvgIpc) is 2.66. The molecule has 11 heteroatoms. The molecule has 2 amide bonds. The Morgan fingerprint density at radius 2 is 1.45 bits per heavy atom. The summed E-state index contributed by atoms with van der Waals surface area (Å²) in [4.78, 5) is 44.2. The molecule has 0 fully saturated rings. The topological polar surface area (TPSA) is 160 Å². The third-order valence-corrected chi connectivity index (χ3v) is 3.90. The second-order valence-electron chi connectivity index (χ2n) is 6.32. The van der Waals surface area contributed by atoms with Crippen LogP contribution in [0.15, 0.2) is 0 Å². The molecule has 0 aromatic carbocycles. The van der Waals surface area contributed by atoms with Crippen molar-refractivity contribution < 1.29 is 43.6 Å². The van der Waals surface area contributed by atoms with Gasteiger partial charge in [0.15, 0.2) is 6.23 Å². The number of amides is 2. The highest BCUT2D eigenvalue weighted by Gasteiger charge is 2.21. The Morgan fingerprint density at radius 1 is 0.848 bits per heavy atom. The van der Waals surface area contributed by atoms with E-state index in [2.05, 4.69) is 15.4 Å². The molecule has 0 aromatic heterocycles. The van der Waals surface area contributed by atoms with Gasteiger partial charge >= 0.3 is 18.0 Å². The van der Waals surface area contributed by atoms with Crippen LogP contribution in [0.5, 0.6) is 0 Å². The van der Waals surface area contributed by atoms with Crippen LogP contribution >= 0.6 is 0 Å². The highest BCUT2D eigenvalue weighted by Crippen LogP contribution is 2.07. The smallest absolute Gasteiger partial charge is 0.326 e. The summed E-state index contributed by atoms with van der Waals surface area (Å²) in [6.45, 7) is 2.04. The van der Waals surface area contributed by atoms with E-state index < -0.39 is 30.2 Å². The number of ether oxygens (including phenoxy) is 3. The van der Waals surface area contributed by atoms with Crippen LogP contribution in [0.4, 0.5) is 4.79 Å². The Kier molecular flexibility index (Phi) is 34.3. The van der Waals surface area contributed by atoms with E-state index in [0.29, 0.717) is 26.2 Å². The predicted octanol–water partition coefficient (Wildman–Crippen LogP) is 3.65. The van der Waals surface area contributed by atoms with Gasteiger partial charge in [0.2, 0.25) is 0 Å². The lowest BCUT2D eigenvalue weighted by molar-refractivity contribution is -0.141. The molecule has 0 saturated heterocycles. The third-order valence-electron chi connectivity index (χ3n) is 3.90. The highest BCUT2D eigenvalue weighted by molar-refractivity contribution is 5.82. The average molecular weight is 485 g/mol. The van der Waals surface area contributed by atoms with Crippen molar-refractivity contribution in [2.24, 2.45) is 0 Å². The highest BCUT2D eigenvalue weighted by atomic mass is 16.5. The molecule has 0 rings (SSSR count).